The highest BCUT2D eigenvalue weighted by Gasteiger charge is 2.21. The van der Waals surface area contributed by atoms with E-state index in [9.17, 15) is 9.46 Å². The van der Waals surface area contributed by atoms with E-state index in [0.29, 0.717) is 5.30 Å². The molecule has 88 valence electrons. The first-order valence-electron chi connectivity index (χ1n) is 5.20. The maximum atomic E-state index is 12.2. The smallest absolute Gasteiger partial charge is 0.233 e. The van der Waals surface area contributed by atoms with E-state index in [1.54, 1.807) is 24.3 Å². The van der Waals surface area contributed by atoms with Gasteiger partial charge in [-0.15, -0.1) is 0 Å². The Morgan fingerprint density at radius 3 is 2.18 bits per heavy atom. The summed E-state index contributed by atoms with van der Waals surface area (Å²) in [4.78, 5) is 10.1. The van der Waals surface area contributed by atoms with Crippen LogP contribution in [0.25, 0.3) is 0 Å². The molecule has 4 heteroatoms. The van der Waals surface area contributed by atoms with Crippen LogP contribution < -0.4 is 5.30 Å². The third-order valence-corrected chi connectivity index (χ3v) is 4.90. The summed E-state index contributed by atoms with van der Waals surface area (Å²) < 4.78 is 13.2. The summed E-state index contributed by atoms with van der Waals surface area (Å²) in [6.07, 6.45) is 0.171. The molecule has 2 nitrogen and oxygen atoms in total. The van der Waals surface area contributed by atoms with Crippen molar-refractivity contribution in [3.63, 3.8) is 0 Å². The molecule has 17 heavy (non-hydrogen) atoms. The Kier molecular flexibility index (Phi) is 3.82. The Hall–Kier alpha value is -0.890. The highest BCUT2D eigenvalue weighted by atomic mass is 79.9. The molecule has 1 atom stereocenters. The van der Waals surface area contributed by atoms with E-state index in [1.165, 1.54) is 0 Å². The molecule has 0 spiro atoms. The van der Waals surface area contributed by atoms with Gasteiger partial charge < -0.3 is 4.89 Å². The topological polar surface area (TPSA) is 37.3 Å². The second-order valence-corrected chi connectivity index (χ2v) is 6.97. The van der Waals surface area contributed by atoms with Gasteiger partial charge in [-0.1, -0.05) is 46.3 Å². The zero-order chi connectivity index (χ0) is 12.3. The van der Waals surface area contributed by atoms with Gasteiger partial charge in [-0.25, -0.2) is 0 Å². The van der Waals surface area contributed by atoms with Crippen molar-refractivity contribution in [1.82, 2.24) is 0 Å². The molecule has 2 aromatic rings. The molecule has 1 N–H and O–H groups in total. The van der Waals surface area contributed by atoms with Gasteiger partial charge >= 0.3 is 0 Å². The van der Waals surface area contributed by atoms with Crippen LogP contribution >= 0.6 is 23.3 Å². The van der Waals surface area contributed by atoms with Crippen molar-refractivity contribution in [3.05, 3.63) is 64.6 Å². The highest BCUT2D eigenvalue weighted by Crippen LogP contribution is 2.43. The largest absolute Gasteiger partial charge is 0.341 e. The van der Waals surface area contributed by atoms with E-state index in [2.05, 4.69) is 15.9 Å². The standard InChI is InChI=1S/C13H12BrO2P/c14-12-8-6-11(7-9-12)10-17(15,16)13-4-2-1-3-5-13/h1-9H,10H2,(H,15,16). The van der Waals surface area contributed by atoms with E-state index in [-0.39, 0.29) is 6.16 Å². The van der Waals surface area contributed by atoms with E-state index >= 15 is 0 Å². The minimum absolute atomic E-state index is 0.171. The summed E-state index contributed by atoms with van der Waals surface area (Å²) in [5.74, 6) is 0. The molecule has 0 aliphatic rings. The van der Waals surface area contributed by atoms with Gasteiger partial charge in [0.2, 0.25) is 7.37 Å². The van der Waals surface area contributed by atoms with Gasteiger partial charge in [0.1, 0.15) is 0 Å². The third kappa shape index (κ3) is 3.29. The van der Waals surface area contributed by atoms with Gasteiger partial charge in [0.15, 0.2) is 0 Å². The molecular formula is C13H12BrO2P. The molecule has 0 bridgehead atoms. The number of hydrogen-bond donors (Lipinski definition) is 1. The molecule has 0 heterocycles. The fourth-order valence-corrected chi connectivity index (χ4v) is 3.38. The second-order valence-electron chi connectivity index (χ2n) is 3.82. The van der Waals surface area contributed by atoms with Crippen LogP contribution in [0.2, 0.25) is 0 Å². The molecular weight excluding hydrogens is 299 g/mol. The normalized spacial score (nSPS) is 14.2. The maximum absolute atomic E-state index is 12.2. The van der Waals surface area contributed by atoms with Crippen LogP contribution in [0.15, 0.2) is 59.1 Å². The molecule has 0 aliphatic heterocycles. The zero-order valence-electron chi connectivity index (χ0n) is 9.08. The Balaban J connectivity index is 2.23. The predicted octanol–water partition coefficient (Wildman–Crippen LogP) is 3.55. The second kappa shape index (κ2) is 5.18. The van der Waals surface area contributed by atoms with Gasteiger partial charge in [0.25, 0.3) is 0 Å². The molecule has 0 amide bonds. The Morgan fingerprint density at radius 2 is 1.59 bits per heavy atom. The predicted molar refractivity (Wildman–Crippen MR) is 73.7 cm³/mol. The maximum Gasteiger partial charge on any atom is 0.233 e. The number of hydrogen-bond acceptors (Lipinski definition) is 1. The van der Waals surface area contributed by atoms with E-state index in [4.69, 9.17) is 0 Å². The first-order chi connectivity index (χ1) is 8.08. The van der Waals surface area contributed by atoms with Crippen molar-refractivity contribution in [2.24, 2.45) is 0 Å². The van der Waals surface area contributed by atoms with Gasteiger partial charge in [-0.3, -0.25) is 4.57 Å². The van der Waals surface area contributed by atoms with Gasteiger partial charge in [-0.2, -0.15) is 0 Å². The molecule has 2 aromatic carbocycles. The fourth-order valence-electron chi connectivity index (χ4n) is 1.59. The Bertz CT molecular complexity index is 537. The zero-order valence-corrected chi connectivity index (χ0v) is 11.6. The Labute approximate surface area is 109 Å². The lowest BCUT2D eigenvalue weighted by molar-refractivity contribution is 0.489. The molecule has 0 fully saturated rings. The fraction of sp³-hybridized carbons (Fsp3) is 0.0769. The molecule has 0 saturated carbocycles. The van der Waals surface area contributed by atoms with Crippen molar-refractivity contribution in [2.45, 2.75) is 6.16 Å². The van der Waals surface area contributed by atoms with Gasteiger partial charge in [0.05, 0.1) is 6.16 Å². The molecule has 0 aromatic heterocycles. The SMILES string of the molecule is O=P(O)(Cc1ccc(Br)cc1)c1ccccc1. The summed E-state index contributed by atoms with van der Waals surface area (Å²) in [7, 11) is -3.30. The van der Waals surface area contributed by atoms with Crippen LogP contribution in [0.5, 0.6) is 0 Å². The van der Waals surface area contributed by atoms with Crippen molar-refractivity contribution < 1.29 is 9.46 Å². The summed E-state index contributed by atoms with van der Waals surface area (Å²) in [5.41, 5.74) is 0.864. The lowest BCUT2D eigenvalue weighted by Crippen LogP contribution is -2.05. The minimum Gasteiger partial charge on any atom is -0.341 e. The van der Waals surface area contributed by atoms with Crippen molar-refractivity contribution >= 4 is 28.6 Å². The molecule has 1 unspecified atom stereocenters. The average Bonchev–Trinajstić information content (AvgIpc) is 2.33. The Morgan fingerprint density at radius 1 is 1.00 bits per heavy atom. The van der Waals surface area contributed by atoms with Crippen molar-refractivity contribution in [3.8, 4) is 0 Å². The first kappa shape index (κ1) is 12.6. The van der Waals surface area contributed by atoms with E-state index in [1.807, 2.05) is 30.3 Å². The van der Waals surface area contributed by atoms with Crippen LogP contribution in [0.4, 0.5) is 0 Å². The number of rotatable bonds is 3. The number of benzene rings is 2. The van der Waals surface area contributed by atoms with Crippen LogP contribution in [-0.4, -0.2) is 4.89 Å². The monoisotopic (exact) mass is 310 g/mol. The van der Waals surface area contributed by atoms with Gasteiger partial charge in [0, 0.05) is 9.78 Å². The molecule has 0 aliphatic carbocycles. The summed E-state index contributed by atoms with van der Waals surface area (Å²) in [6.45, 7) is 0. The van der Waals surface area contributed by atoms with Gasteiger partial charge in [-0.05, 0) is 29.8 Å². The highest BCUT2D eigenvalue weighted by molar-refractivity contribution is 9.10. The van der Waals surface area contributed by atoms with Crippen LogP contribution in [0, 0.1) is 0 Å². The molecule has 2 rings (SSSR count). The summed E-state index contributed by atoms with van der Waals surface area (Å²) >= 11 is 3.34. The lowest BCUT2D eigenvalue weighted by Gasteiger charge is -2.11. The molecule has 0 saturated heterocycles. The van der Waals surface area contributed by atoms with Crippen LogP contribution in [-0.2, 0) is 10.7 Å². The van der Waals surface area contributed by atoms with Crippen LogP contribution in [0.1, 0.15) is 5.56 Å². The van der Waals surface area contributed by atoms with Crippen molar-refractivity contribution in [2.75, 3.05) is 0 Å². The number of halogens is 1. The summed E-state index contributed by atoms with van der Waals surface area (Å²) in [5, 5.41) is 0.503. The molecule has 0 radical (unpaired) electrons. The van der Waals surface area contributed by atoms with E-state index < -0.39 is 7.37 Å². The quantitative estimate of drug-likeness (QED) is 0.880. The van der Waals surface area contributed by atoms with E-state index in [0.717, 1.165) is 10.0 Å². The first-order valence-corrected chi connectivity index (χ1v) is 7.83. The minimum atomic E-state index is -3.30. The van der Waals surface area contributed by atoms with Crippen LogP contribution in [0.3, 0.4) is 0 Å². The average molecular weight is 311 g/mol. The van der Waals surface area contributed by atoms with Crippen molar-refractivity contribution in [1.29, 1.82) is 0 Å². The lowest BCUT2D eigenvalue weighted by atomic mass is 10.2. The third-order valence-electron chi connectivity index (χ3n) is 2.47. The summed E-state index contributed by atoms with van der Waals surface area (Å²) in [6, 6.07) is 16.2.